The Bertz CT molecular complexity index is 1010. The molecule has 0 bridgehead atoms. The molecule has 2 heterocycles. The van der Waals surface area contributed by atoms with E-state index >= 15 is 0 Å². The highest BCUT2D eigenvalue weighted by atomic mass is 16.7. The standard InChI is InChI=1S/C23H24N2O7/c1-4-9-30-22(28)19-16(14-7-6-8-15(11-14)20(24)26)12-17-18(21(27)25(17)19)13(3)32-23(29)31-10-5-2/h4-8,11,13,17-18H,1-2,9-10,12H2,3H3,(H2,24,26)/t13-,17-,18-/m1/s1. The van der Waals surface area contributed by atoms with Crippen molar-refractivity contribution in [3.05, 3.63) is 66.4 Å². The molecule has 9 nitrogen and oxygen atoms in total. The van der Waals surface area contributed by atoms with E-state index in [2.05, 4.69) is 13.2 Å². The summed E-state index contributed by atoms with van der Waals surface area (Å²) in [6, 6.07) is 6.08. The number of esters is 1. The second-order valence-corrected chi connectivity index (χ2v) is 7.34. The van der Waals surface area contributed by atoms with Gasteiger partial charge in [-0.2, -0.15) is 0 Å². The number of nitrogens with two attached hydrogens (primary N) is 1. The lowest BCUT2D eigenvalue weighted by Crippen LogP contribution is -2.62. The number of hydrogen-bond donors (Lipinski definition) is 1. The third-order valence-electron chi connectivity index (χ3n) is 5.34. The molecule has 1 aromatic carbocycles. The topological polar surface area (TPSA) is 125 Å². The molecule has 1 saturated heterocycles. The van der Waals surface area contributed by atoms with Crippen molar-refractivity contribution in [3.8, 4) is 0 Å². The fourth-order valence-electron chi connectivity index (χ4n) is 3.95. The predicted molar refractivity (Wildman–Crippen MR) is 114 cm³/mol. The third kappa shape index (κ3) is 4.27. The number of carbonyl (C=O) groups excluding carboxylic acids is 4. The number of carbonyl (C=O) groups is 4. The zero-order chi connectivity index (χ0) is 23.4. The molecule has 1 fully saturated rings. The van der Waals surface area contributed by atoms with Crippen LogP contribution in [0.4, 0.5) is 4.79 Å². The van der Waals surface area contributed by atoms with E-state index in [1.54, 1.807) is 31.2 Å². The van der Waals surface area contributed by atoms with Gasteiger partial charge in [-0.3, -0.25) is 9.59 Å². The monoisotopic (exact) mass is 440 g/mol. The van der Waals surface area contributed by atoms with Gasteiger partial charge in [-0.15, -0.1) is 0 Å². The van der Waals surface area contributed by atoms with Crippen molar-refractivity contribution in [1.82, 2.24) is 4.90 Å². The lowest BCUT2D eigenvalue weighted by atomic mass is 9.82. The van der Waals surface area contributed by atoms with Gasteiger partial charge in [0.2, 0.25) is 11.8 Å². The molecule has 9 heteroatoms. The maximum Gasteiger partial charge on any atom is 0.508 e. The number of amides is 2. The first-order valence-electron chi connectivity index (χ1n) is 9.98. The minimum atomic E-state index is -0.908. The van der Waals surface area contributed by atoms with E-state index in [4.69, 9.17) is 19.9 Å². The number of nitrogens with zero attached hydrogens (tertiary/aromatic N) is 1. The Morgan fingerprint density at radius 2 is 1.91 bits per heavy atom. The second kappa shape index (κ2) is 9.51. The number of rotatable bonds is 9. The molecule has 168 valence electrons. The second-order valence-electron chi connectivity index (χ2n) is 7.34. The summed E-state index contributed by atoms with van der Waals surface area (Å²) in [5.41, 5.74) is 6.88. The summed E-state index contributed by atoms with van der Waals surface area (Å²) in [5, 5.41) is 0. The van der Waals surface area contributed by atoms with Crippen LogP contribution in [0.3, 0.4) is 0 Å². The SMILES string of the molecule is C=CCOC(=O)O[C@H](C)[C@H]1C(=O)N2C(C(=O)OCC=C)=C(c3cccc(C(N)=O)c3)C[C@H]12. The lowest BCUT2D eigenvalue weighted by Gasteiger charge is -2.45. The first-order valence-corrected chi connectivity index (χ1v) is 9.98. The maximum absolute atomic E-state index is 13.0. The van der Waals surface area contributed by atoms with Gasteiger partial charge in [0, 0.05) is 5.56 Å². The van der Waals surface area contributed by atoms with Crippen LogP contribution in [-0.2, 0) is 23.8 Å². The van der Waals surface area contributed by atoms with Gasteiger partial charge in [-0.25, -0.2) is 9.59 Å². The Labute approximate surface area is 185 Å². The molecule has 3 rings (SSSR count). The smallest absolute Gasteiger partial charge is 0.457 e. The van der Waals surface area contributed by atoms with Gasteiger partial charge >= 0.3 is 12.1 Å². The molecule has 32 heavy (non-hydrogen) atoms. The van der Waals surface area contributed by atoms with Crippen molar-refractivity contribution in [2.75, 3.05) is 13.2 Å². The Morgan fingerprint density at radius 3 is 2.56 bits per heavy atom. The van der Waals surface area contributed by atoms with Crippen molar-refractivity contribution < 1.29 is 33.4 Å². The number of hydrogen-bond acceptors (Lipinski definition) is 7. The molecule has 0 radical (unpaired) electrons. The minimum absolute atomic E-state index is 0.0130. The minimum Gasteiger partial charge on any atom is -0.457 e. The van der Waals surface area contributed by atoms with E-state index in [0.29, 0.717) is 17.6 Å². The van der Waals surface area contributed by atoms with Crippen LogP contribution in [0.25, 0.3) is 5.57 Å². The fraction of sp³-hybridized carbons (Fsp3) is 0.304. The van der Waals surface area contributed by atoms with E-state index < -0.39 is 36.1 Å². The zero-order valence-corrected chi connectivity index (χ0v) is 17.6. The van der Waals surface area contributed by atoms with E-state index in [0.717, 1.165) is 0 Å². The van der Waals surface area contributed by atoms with Crippen LogP contribution in [0.5, 0.6) is 0 Å². The molecule has 2 amide bonds. The Hall–Kier alpha value is -3.88. The number of fused-ring (bicyclic) bond motifs is 1. The average molecular weight is 440 g/mol. The predicted octanol–water partition coefficient (Wildman–Crippen LogP) is 2.18. The molecule has 0 aliphatic carbocycles. The molecule has 2 N–H and O–H groups in total. The summed E-state index contributed by atoms with van der Waals surface area (Å²) >= 11 is 0. The van der Waals surface area contributed by atoms with Crippen LogP contribution in [0.2, 0.25) is 0 Å². The van der Waals surface area contributed by atoms with Crippen LogP contribution >= 0.6 is 0 Å². The highest BCUT2D eigenvalue weighted by molar-refractivity contribution is 6.07. The van der Waals surface area contributed by atoms with Gasteiger partial charge < -0.3 is 24.8 Å². The first kappa shape index (κ1) is 22.8. The van der Waals surface area contributed by atoms with Crippen molar-refractivity contribution in [2.45, 2.75) is 25.5 Å². The lowest BCUT2D eigenvalue weighted by molar-refractivity contribution is -0.162. The third-order valence-corrected chi connectivity index (χ3v) is 5.34. The van der Waals surface area contributed by atoms with E-state index in [1.165, 1.54) is 17.1 Å². The summed E-state index contributed by atoms with van der Waals surface area (Å²) in [7, 11) is 0. The summed E-state index contributed by atoms with van der Waals surface area (Å²) in [6.45, 7) is 8.53. The quantitative estimate of drug-likeness (QED) is 0.354. The summed E-state index contributed by atoms with van der Waals surface area (Å²) < 4.78 is 15.2. The van der Waals surface area contributed by atoms with Gasteiger partial charge in [-0.05, 0) is 36.6 Å². The Kier molecular flexibility index (Phi) is 6.77. The highest BCUT2D eigenvalue weighted by Crippen LogP contribution is 2.47. The molecule has 1 aromatic rings. The van der Waals surface area contributed by atoms with Crippen LogP contribution in [-0.4, -0.2) is 54.2 Å². The van der Waals surface area contributed by atoms with Gasteiger partial charge in [-0.1, -0.05) is 37.4 Å². The first-order chi connectivity index (χ1) is 15.3. The molecule has 3 atom stereocenters. The summed E-state index contributed by atoms with van der Waals surface area (Å²) in [4.78, 5) is 50.5. The molecule has 2 aliphatic rings. The van der Waals surface area contributed by atoms with Crippen molar-refractivity contribution in [2.24, 2.45) is 11.7 Å². The van der Waals surface area contributed by atoms with Gasteiger partial charge in [0.1, 0.15) is 25.0 Å². The van der Waals surface area contributed by atoms with E-state index in [-0.39, 0.29) is 30.4 Å². The average Bonchev–Trinajstić information content (AvgIpc) is 3.11. The highest BCUT2D eigenvalue weighted by Gasteiger charge is 2.58. The zero-order valence-electron chi connectivity index (χ0n) is 17.6. The number of benzene rings is 1. The molecular formula is C23H24N2O7. The normalized spacial score (nSPS) is 20.0. The molecule has 0 aromatic heterocycles. The molecule has 2 aliphatic heterocycles. The summed E-state index contributed by atoms with van der Waals surface area (Å²) in [5.74, 6) is -2.33. The van der Waals surface area contributed by atoms with Crippen LogP contribution in [0.15, 0.2) is 55.3 Å². The van der Waals surface area contributed by atoms with Crippen molar-refractivity contribution in [1.29, 1.82) is 0 Å². The Balaban J connectivity index is 1.89. The van der Waals surface area contributed by atoms with E-state index in [1.807, 2.05) is 0 Å². The maximum atomic E-state index is 13.0. The molecule has 0 saturated carbocycles. The number of primary amides is 1. The number of β-lactam (4-membered cyclic amide) rings is 1. The fourth-order valence-corrected chi connectivity index (χ4v) is 3.95. The molecular weight excluding hydrogens is 416 g/mol. The van der Waals surface area contributed by atoms with Crippen LogP contribution < -0.4 is 5.73 Å². The van der Waals surface area contributed by atoms with Crippen LogP contribution in [0, 0.1) is 5.92 Å². The van der Waals surface area contributed by atoms with Crippen molar-refractivity contribution in [3.63, 3.8) is 0 Å². The number of ether oxygens (including phenoxy) is 3. The van der Waals surface area contributed by atoms with Crippen molar-refractivity contribution >= 4 is 29.5 Å². The van der Waals surface area contributed by atoms with Crippen LogP contribution in [0.1, 0.15) is 29.3 Å². The van der Waals surface area contributed by atoms with E-state index in [9.17, 15) is 19.2 Å². The molecule has 0 unspecified atom stereocenters. The van der Waals surface area contributed by atoms with Gasteiger partial charge in [0.25, 0.3) is 0 Å². The van der Waals surface area contributed by atoms with Gasteiger partial charge in [0.05, 0.1) is 12.0 Å². The largest absolute Gasteiger partial charge is 0.508 e. The summed E-state index contributed by atoms with van der Waals surface area (Å²) in [6.07, 6.45) is 1.45. The Morgan fingerprint density at radius 1 is 1.22 bits per heavy atom. The van der Waals surface area contributed by atoms with Gasteiger partial charge in [0.15, 0.2) is 0 Å². The molecule has 0 spiro atoms.